The predicted octanol–water partition coefficient (Wildman–Crippen LogP) is 0.656. The second-order valence-corrected chi connectivity index (χ2v) is 6.32. The van der Waals surface area contributed by atoms with Crippen LogP contribution in [-0.4, -0.2) is 31.8 Å². The number of esters is 1. The third-order valence-electron chi connectivity index (χ3n) is 1.50. The van der Waals surface area contributed by atoms with Crippen LogP contribution in [0.3, 0.4) is 0 Å². The Kier molecular flexibility index (Phi) is 4.73. The van der Waals surface area contributed by atoms with Gasteiger partial charge in [0.25, 0.3) is 0 Å². The van der Waals surface area contributed by atoms with Crippen molar-refractivity contribution in [3.63, 3.8) is 0 Å². The molecule has 6 heteroatoms. The monoisotopic (exact) mass is 237 g/mol. The van der Waals surface area contributed by atoms with Gasteiger partial charge < -0.3 is 4.74 Å². The van der Waals surface area contributed by atoms with Crippen molar-refractivity contribution in [1.82, 2.24) is 4.72 Å². The highest BCUT2D eigenvalue weighted by Gasteiger charge is 2.24. The van der Waals surface area contributed by atoms with Crippen LogP contribution < -0.4 is 4.72 Å². The molecule has 90 valence electrons. The second kappa shape index (κ2) is 4.94. The Bertz CT molecular complexity index is 315. The fraction of sp³-hybridized carbons (Fsp3) is 0.889. The third kappa shape index (κ3) is 6.46. The van der Waals surface area contributed by atoms with Crippen molar-refractivity contribution >= 4 is 16.0 Å². The molecule has 0 saturated heterocycles. The van der Waals surface area contributed by atoms with Gasteiger partial charge in [-0.2, -0.15) is 0 Å². The molecule has 0 aliphatic heterocycles. The minimum absolute atomic E-state index is 0.0554. The van der Waals surface area contributed by atoms with Crippen molar-refractivity contribution in [3.8, 4) is 0 Å². The summed E-state index contributed by atoms with van der Waals surface area (Å²) in [5.74, 6) is -0.625. The van der Waals surface area contributed by atoms with Gasteiger partial charge in [-0.1, -0.05) is 0 Å². The van der Waals surface area contributed by atoms with Crippen LogP contribution in [0, 0.1) is 0 Å². The lowest BCUT2D eigenvalue weighted by Gasteiger charge is -2.22. The molecule has 0 aromatic carbocycles. The standard InChI is InChI=1S/C9H19NO4S/c1-6-15(12,13)10-7(2)8(11)14-9(3,4)5/h7,10H,6H2,1-5H3/t7-/m0/s1. The summed E-state index contributed by atoms with van der Waals surface area (Å²) in [7, 11) is -3.37. The molecule has 1 atom stereocenters. The first kappa shape index (κ1) is 14.4. The number of sulfonamides is 1. The Morgan fingerprint density at radius 1 is 1.40 bits per heavy atom. The van der Waals surface area contributed by atoms with Gasteiger partial charge >= 0.3 is 5.97 Å². The molecule has 0 aliphatic carbocycles. The number of hydrogen-bond acceptors (Lipinski definition) is 4. The molecule has 5 nitrogen and oxygen atoms in total. The topological polar surface area (TPSA) is 72.5 Å². The first-order valence-corrected chi connectivity index (χ1v) is 6.45. The molecular weight excluding hydrogens is 218 g/mol. The first-order valence-electron chi connectivity index (χ1n) is 4.80. The quantitative estimate of drug-likeness (QED) is 0.729. The van der Waals surface area contributed by atoms with Crippen molar-refractivity contribution < 1.29 is 17.9 Å². The van der Waals surface area contributed by atoms with Crippen LogP contribution in [0.2, 0.25) is 0 Å². The van der Waals surface area contributed by atoms with E-state index >= 15 is 0 Å². The molecule has 0 saturated carbocycles. The average molecular weight is 237 g/mol. The molecular formula is C9H19NO4S. The lowest BCUT2D eigenvalue weighted by molar-refractivity contribution is -0.156. The fourth-order valence-corrected chi connectivity index (χ4v) is 1.59. The van der Waals surface area contributed by atoms with E-state index in [1.165, 1.54) is 13.8 Å². The smallest absolute Gasteiger partial charge is 0.324 e. The van der Waals surface area contributed by atoms with E-state index in [0.29, 0.717) is 0 Å². The zero-order valence-electron chi connectivity index (χ0n) is 9.83. The van der Waals surface area contributed by atoms with Gasteiger partial charge in [0.05, 0.1) is 5.75 Å². The molecule has 0 heterocycles. The minimum atomic E-state index is -3.37. The number of hydrogen-bond donors (Lipinski definition) is 1. The summed E-state index contributed by atoms with van der Waals surface area (Å²) in [6.45, 7) is 8.15. The second-order valence-electron chi connectivity index (χ2n) is 4.28. The number of nitrogens with one attached hydrogen (secondary N) is 1. The van der Waals surface area contributed by atoms with E-state index in [-0.39, 0.29) is 5.75 Å². The number of rotatable bonds is 4. The van der Waals surface area contributed by atoms with Crippen LogP contribution in [0.1, 0.15) is 34.6 Å². The van der Waals surface area contributed by atoms with Gasteiger partial charge in [-0.3, -0.25) is 4.79 Å². The summed E-state index contributed by atoms with van der Waals surface area (Å²) in [5.41, 5.74) is -0.608. The lowest BCUT2D eigenvalue weighted by atomic mass is 10.2. The van der Waals surface area contributed by atoms with Gasteiger partial charge in [0.2, 0.25) is 10.0 Å². The van der Waals surface area contributed by atoms with E-state index in [2.05, 4.69) is 4.72 Å². The Morgan fingerprint density at radius 2 is 1.87 bits per heavy atom. The molecule has 0 fully saturated rings. The first-order chi connectivity index (χ1) is 6.57. The Hall–Kier alpha value is -0.620. The van der Waals surface area contributed by atoms with Crippen molar-refractivity contribution in [2.24, 2.45) is 0 Å². The highest BCUT2D eigenvalue weighted by atomic mass is 32.2. The largest absolute Gasteiger partial charge is 0.459 e. The molecule has 0 amide bonds. The van der Waals surface area contributed by atoms with E-state index in [4.69, 9.17) is 4.74 Å². The van der Waals surface area contributed by atoms with Crippen LogP contribution in [0.25, 0.3) is 0 Å². The van der Waals surface area contributed by atoms with Gasteiger partial charge in [-0.05, 0) is 34.6 Å². The van der Waals surface area contributed by atoms with Gasteiger partial charge in [-0.25, -0.2) is 13.1 Å². The summed E-state index contributed by atoms with van der Waals surface area (Å²) >= 11 is 0. The van der Waals surface area contributed by atoms with Gasteiger partial charge in [0, 0.05) is 0 Å². The molecule has 0 aliphatic rings. The van der Waals surface area contributed by atoms with Gasteiger partial charge in [0.1, 0.15) is 11.6 Å². The maximum Gasteiger partial charge on any atom is 0.324 e. The molecule has 0 spiro atoms. The summed E-state index contributed by atoms with van der Waals surface area (Å²) in [4.78, 5) is 11.4. The minimum Gasteiger partial charge on any atom is -0.459 e. The zero-order chi connectivity index (χ0) is 12.3. The molecule has 0 aromatic rings. The highest BCUT2D eigenvalue weighted by molar-refractivity contribution is 7.89. The van der Waals surface area contributed by atoms with Gasteiger partial charge in [0.15, 0.2) is 0 Å². The third-order valence-corrected chi connectivity index (χ3v) is 2.97. The predicted molar refractivity (Wildman–Crippen MR) is 57.9 cm³/mol. The average Bonchev–Trinajstić information content (AvgIpc) is 2.00. The number of carbonyl (C=O) groups excluding carboxylic acids is 1. The summed E-state index contributed by atoms with van der Waals surface area (Å²) < 4.78 is 29.6. The molecule has 1 N–H and O–H groups in total. The van der Waals surface area contributed by atoms with Crippen LogP contribution in [0.4, 0.5) is 0 Å². The van der Waals surface area contributed by atoms with Crippen molar-refractivity contribution in [3.05, 3.63) is 0 Å². The Balaban J connectivity index is 4.36. The summed E-state index contributed by atoms with van der Waals surface area (Å²) in [6.07, 6.45) is 0. The normalized spacial score (nSPS) is 14.7. The van der Waals surface area contributed by atoms with E-state index in [9.17, 15) is 13.2 Å². The zero-order valence-corrected chi connectivity index (χ0v) is 10.6. The SMILES string of the molecule is CCS(=O)(=O)N[C@@H](C)C(=O)OC(C)(C)C. The molecule has 0 radical (unpaired) electrons. The van der Waals surface area contributed by atoms with Crippen molar-refractivity contribution in [2.45, 2.75) is 46.3 Å². The molecule has 0 unspecified atom stereocenters. The Morgan fingerprint density at radius 3 is 2.20 bits per heavy atom. The summed E-state index contributed by atoms with van der Waals surface area (Å²) in [6, 6.07) is -0.853. The lowest BCUT2D eigenvalue weighted by Crippen LogP contribution is -2.42. The number of ether oxygens (including phenoxy) is 1. The maximum atomic E-state index is 11.4. The Labute approximate surface area is 91.2 Å². The van der Waals surface area contributed by atoms with E-state index < -0.39 is 27.6 Å². The molecule has 15 heavy (non-hydrogen) atoms. The van der Waals surface area contributed by atoms with Gasteiger partial charge in [-0.15, -0.1) is 0 Å². The summed E-state index contributed by atoms with van der Waals surface area (Å²) in [5, 5.41) is 0. The molecule has 0 aromatic heterocycles. The van der Waals surface area contributed by atoms with Crippen LogP contribution in [0.15, 0.2) is 0 Å². The van der Waals surface area contributed by atoms with Crippen molar-refractivity contribution in [2.75, 3.05) is 5.75 Å². The highest BCUT2D eigenvalue weighted by Crippen LogP contribution is 2.08. The van der Waals surface area contributed by atoms with Crippen LogP contribution in [0.5, 0.6) is 0 Å². The molecule has 0 rings (SSSR count). The maximum absolute atomic E-state index is 11.4. The molecule has 0 bridgehead atoms. The van der Waals surface area contributed by atoms with Crippen LogP contribution >= 0.6 is 0 Å². The van der Waals surface area contributed by atoms with Crippen LogP contribution in [-0.2, 0) is 19.6 Å². The van der Waals surface area contributed by atoms with E-state index in [1.54, 1.807) is 20.8 Å². The van der Waals surface area contributed by atoms with Crippen molar-refractivity contribution in [1.29, 1.82) is 0 Å². The van der Waals surface area contributed by atoms with E-state index in [0.717, 1.165) is 0 Å². The number of carbonyl (C=O) groups is 1. The fourth-order valence-electron chi connectivity index (χ4n) is 0.791. The van der Waals surface area contributed by atoms with E-state index in [1.807, 2.05) is 0 Å².